The van der Waals surface area contributed by atoms with Crippen LogP contribution in [-0.2, 0) is 28.5 Å². The standard InChI is InChI=1S/C34H38F3N5O4/c1-20-13-27-30(7-10-38-32(27)40-20)45-25-6-5-23-8-12-42(21(2)26(23)16-25)31(43)15-22-14-28(34(35,36)37)33(39-17-22)46-29-9-11-41(3)18-24(29)19-44-4/h5-7,10,13-14,16-17,21,24,29H,8-9,11-12,15,18-19H2,1-4H3,(H,38,40)/t21-,24-,29+/m0/s1. The van der Waals surface area contributed by atoms with Crippen molar-refractivity contribution in [3.63, 3.8) is 0 Å². The first kappa shape index (κ1) is 31.8. The molecule has 0 radical (unpaired) electrons. The van der Waals surface area contributed by atoms with Crippen molar-refractivity contribution in [3.8, 4) is 17.4 Å². The molecule has 3 aromatic heterocycles. The highest BCUT2D eigenvalue weighted by atomic mass is 19.4. The summed E-state index contributed by atoms with van der Waals surface area (Å²) in [6.45, 7) is 6.05. The molecule has 0 aliphatic carbocycles. The van der Waals surface area contributed by atoms with E-state index >= 15 is 0 Å². The Bertz CT molecular complexity index is 1720. The molecule has 6 rings (SSSR count). The fourth-order valence-electron chi connectivity index (χ4n) is 6.58. The molecule has 0 spiro atoms. The van der Waals surface area contributed by atoms with Gasteiger partial charge in [-0.2, -0.15) is 13.2 Å². The average Bonchev–Trinajstić information content (AvgIpc) is 3.40. The van der Waals surface area contributed by atoms with Crippen molar-refractivity contribution in [2.24, 2.45) is 5.92 Å². The number of rotatable bonds is 8. The molecule has 5 heterocycles. The van der Waals surface area contributed by atoms with Gasteiger partial charge in [-0.1, -0.05) is 6.07 Å². The first-order valence-electron chi connectivity index (χ1n) is 15.4. The van der Waals surface area contributed by atoms with Gasteiger partial charge in [-0.05, 0) is 80.8 Å². The maximum atomic E-state index is 14.2. The summed E-state index contributed by atoms with van der Waals surface area (Å²) in [5.41, 5.74) is 2.95. The van der Waals surface area contributed by atoms with Crippen molar-refractivity contribution in [3.05, 3.63) is 76.7 Å². The highest BCUT2D eigenvalue weighted by Gasteiger charge is 2.38. The Morgan fingerprint density at radius 2 is 1.96 bits per heavy atom. The zero-order valence-corrected chi connectivity index (χ0v) is 26.4. The van der Waals surface area contributed by atoms with Gasteiger partial charge in [-0.15, -0.1) is 0 Å². The molecular formula is C34H38F3N5O4. The van der Waals surface area contributed by atoms with Gasteiger partial charge >= 0.3 is 6.18 Å². The minimum atomic E-state index is -4.70. The molecule has 2 aliphatic heterocycles. The largest absolute Gasteiger partial charge is 0.473 e. The second-order valence-corrected chi connectivity index (χ2v) is 12.3. The second kappa shape index (κ2) is 12.9. The van der Waals surface area contributed by atoms with E-state index in [1.165, 1.54) is 6.20 Å². The first-order chi connectivity index (χ1) is 22.0. The van der Waals surface area contributed by atoms with Gasteiger partial charge in [-0.25, -0.2) is 9.97 Å². The molecule has 3 atom stereocenters. The highest BCUT2D eigenvalue weighted by molar-refractivity contribution is 5.83. The molecule has 1 N–H and O–H groups in total. The number of amides is 1. The Balaban J connectivity index is 1.18. The van der Waals surface area contributed by atoms with Crippen LogP contribution < -0.4 is 9.47 Å². The summed E-state index contributed by atoms with van der Waals surface area (Å²) in [7, 11) is 3.53. The number of nitrogens with one attached hydrogen (secondary N) is 1. The van der Waals surface area contributed by atoms with Crippen molar-refractivity contribution in [1.29, 1.82) is 0 Å². The molecule has 4 aromatic rings. The minimum absolute atomic E-state index is 0.0918. The number of carbonyl (C=O) groups is 1. The van der Waals surface area contributed by atoms with Crippen LogP contribution in [-0.4, -0.2) is 77.2 Å². The quantitative estimate of drug-likeness (QED) is 0.249. The third-order valence-corrected chi connectivity index (χ3v) is 8.91. The van der Waals surface area contributed by atoms with Gasteiger partial charge < -0.3 is 29.0 Å². The predicted octanol–water partition coefficient (Wildman–Crippen LogP) is 6.11. The maximum absolute atomic E-state index is 14.2. The molecule has 9 nitrogen and oxygen atoms in total. The molecule has 1 fully saturated rings. The Kier molecular flexibility index (Phi) is 8.93. The fourth-order valence-corrected chi connectivity index (χ4v) is 6.58. The number of nitrogens with zero attached hydrogens (tertiary/aromatic N) is 4. The number of pyridine rings is 2. The molecule has 0 saturated carbocycles. The minimum Gasteiger partial charge on any atom is -0.473 e. The third-order valence-electron chi connectivity index (χ3n) is 8.91. The number of aryl methyl sites for hydroxylation is 1. The van der Waals surface area contributed by atoms with Crippen LogP contribution >= 0.6 is 0 Å². The number of hydrogen-bond donors (Lipinski definition) is 1. The highest BCUT2D eigenvalue weighted by Crippen LogP contribution is 2.38. The second-order valence-electron chi connectivity index (χ2n) is 12.3. The van der Waals surface area contributed by atoms with Crippen molar-refractivity contribution >= 4 is 16.9 Å². The molecule has 1 saturated heterocycles. The Hall–Kier alpha value is -4.16. The van der Waals surface area contributed by atoms with Crippen LogP contribution in [0, 0.1) is 12.8 Å². The summed E-state index contributed by atoms with van der Waals surface area (Å²) < 4.78 is 60.1. The van der Waals surface area contributed by atoms with Crippen molar-refractivity contribution in [2.75, 3.05) is 40.4 Å². The normalized spacial score (nSPS) is 20.5. The monoisotopic (exact) mass is 637 g/mol. The molecule has 46 heavy (non-hydrogen) atoms. The van der Waals surface area contributed by atoms with Crippen molar-refractivity contribution in [1.82, 2.24) is 24.8 Å². The third kappa shape index (κ3) is 6.68. The lowest BCUT2D eigenvalue weighted by molar-refractivity contribution is -0.140. The van der Waals surface area contributed by atoms with Crippen molar-refractivity contribution < 1.29 is 32.2 Å². The number of benzene rings is 1. The summed E-state index contributed by atoms with van der Waals surface area (Å²) in [6.07, 6.45) is -1.19. The molecule has 0 bridgehead atoms. The fraction of sp³-hybridized carbons (Fsp3) is 0.441. The number of fused-ring (bicyclic) bond motifs is 2. The lowest BCUT2D eigenvalue weighted by Gasteiger charge is -2.36. The Morgan fingerprint density at radius 3 is 2.74 bits per heavy atom. The van der Waals surface area contributed by atoms with E-state index in [-0.39, 0.29) is 29.9 Å². The zero-order valence-electron chi connectivity index (χ0n) is 26.4. The van der Waals surface area contributed by atoms with E-state index < -0.39 is 23.7 Å². The molecular weight excluding hydrogens is 599 g/mol. The maximum Gasteiger partial charge on any atom is 0.421 e. The number of aromatic amines is 1. The van der Waals surface area contributed by atoms with E-state index in [4.69, 9.17) is 14.2 Å². The van der Waals surface area contributed by atoms with Crippen molar-refractivity contribution in [2.45, 2.75) is 51.4 Å². The lowest BCUT2D eigenvalue weighted by Crippen LogP contribution is -2.46. The van der Waals surface area contributed by atoms with E-state index in [1.807, 2.05) is 45.2 Å². The Labute approximate surface area is 265 Å². The number of alkyl halides is 3. The molecule has 1 amide bonds. The van der Waals surface area contributed by atoms with Gasteiger partial charge in [0.25, 0.3) is 0 Å². The van der Waals surface area contributed by atoms with Gasteiger partial charge in [-0.3, -0.25) is 4.79 Å². The first-order valence-corrected chi connectivity index (χ1v) is 15.4. The number of halogens is 3. The summed E-state index contributed by atoms with van der Waals surface area (Å²) in [4.78, 5) is 29.0. The number of H-pyrrole nitrogens is 1. The van der Waals surface area contributed by atoms with Crippen LogP contribution in [0.3, 0.4) is 0 Å². The van der Waals surface area contributed by atoms with Crippen LogP contribution in [0.25, 0.3) is 11.0 Å². The van der Waals surface area contributed by atoms with Crippen LogP contribution in [0.4, 0.5) is 13.2 Å². The summed E-state index contributed by atoms with van der Waals surface area (Å²) in [5, 5.41) is 0.868. The topological polar surface area (TPSA) is 92.8 Å². The number of aromatic nitrogens is 3. The summed E-state index contributed by atoms with van der Waals surface area (Å²) in [5.74, 6) is 0.454. The predicted molar refractivity (Wildman–Crippen MR) is 166 cm³/mol. The number of piperidine rings is 1. The molecule has 244 valence electrons. The number of ether oxygens (including phenoxy) is 3. The van der Waals surface area contributed by atoms with Gasteiger partial charge in [0.15, 0.2) is 0 Å². The van der Waals surface area contributed by atoms with Gasteiger partial charge in [0, 0.05) is 50.7 Å². The number of methoxy groups -OCH3 is 1. The number of carbonyl (C=O) groups excluding carboxylic acids is 1. The van der Waals surface area contributed by atoms with E-state index in [1.54, 1.807) is 24.3 Å². The van der Waals surface area contributed by atoms with Gasteiger partial charge in [0.1, 0.15) is 28.8 Å². The van der Waals surface area contributed by atoms with E-state index in [0.29, 0.717) is 50.6 Å². The summed E-state index contributed by atoms with van der Waals surface area (Å²) >= 11 is 0. The average molecular weight is 638 g/mol. The Morgan fingerprint density at radius 1 is 1.13 bits per heavy atom. The van der Waals surface area contributed by atoms with E-state index in [9.17, 15) is 18.0 Å². The lowest BCUT2D eigenvalue weighted by atomic mass is 9.92. The SMILES string of the molecule is COC[C@@H]1CN(C)CC[C@H]1Oc1ncc(CC(=O)N2CCc3ccc(Oc4ccnc5[nH]c(C)cc45)cc3[C@@H]2C)cc1C(F)(F)F. The molecule has 12 heteroatoms. The molecule has 0 unspecified atom stereocenters. The molecule has 1 aromatic carbocycles. The van der Waals surface area contributed by atoms with Crippen LogP contribution in [0.2, 0.25) is 0 Å². The van der Waals surface area contributed by atoms with Gasteiger partial charge in [0.05, 0.1) is 24.5 Å². The van der Waals surface area contributed by atoms with Crippen LogP contribution in [0.5, 0.6) is 17.4 Å². The summed E-state index contributed by atoms with van der Waals surface area (Å²) in [6, 6.07) is 10.3. The number of hydrogen-bond acceptors (Lipinski definition) is 7. The van der Waals surface area contributed by atoms with Crippen LogP contribution in [0.15, 0.2) is 48.8 Å². The van der Waals surface area contributed by atoms with Gasteiger partial charge in [0.2, 0.25) is 11.8 Å². The van der Waals surface area contributed by atoms with Crippen LogP contribution in [0.1, 0.15) is 47.3 Å². The smallest absolute Gasteiger partial charge is 0.421 e. The molecule has 2 aliphatic rings. The number of likely N-dealkylation sites (tertiary alicyclic amines) is 1. The van der Waals surface area contributed by atoms with E-state index in [2.05, 4.69) is 19.9 Å². The zero-order chi connectivity index (χ0) is 32.6. The van der Waals surface area contributed by atoms with E-state index in [0.717, 1.165) is 33.9 Å².